The Morgan fingerprint density at radius 2 is 1.86 bits per heavy atom. The zero-order valence-corrected chi connectivity index (χ0v) is 23.9. The smallest absolute Gasteiger partial charge is 0.238 e. The van der Waals surface area contributed by atoms with Gasteiger partial charge in [-0.3, -0.25) is 14.6 Å². The van der Waals surface area contributed by atoms with Crippen molar-refractivity contribution in [2.75, 3.05) is 37.9 Å². The van der Waals surface area contributed by atoms with Gasteiger partial charge >= 0.3 is 0 Å². The maximum Gasteiger partial charge on any atom is 0.238 e. The first-order valence-electron chi connectivity index (χ1n) is 14.4. The third-order valence-corrected chi connectivity index (χ3v) is 9.75. The lowest BCUT2D eigenvalue weighted by Gasteiger charge is -2.34. The van der Waals surface area contributed by atoms with Gasteiger partial charge in [0.15, 0.2) is 0 Å². The summed E-state index contributed by atoms with van der Waals surface area (Å²) < 4.78 is 0. The minimum Gasteiger partial charge on any atom is -0.396 e. The van der Waals surface area contributed by atoms with Gasteiger partial charge in [0.2, 0.25) is 5.91 Å². The number of hydrogen-bond donors (Lipinski definition) is 3. The van der Waals surface area contributed by atoms with Gasteiger partial charge in [0.1, 0.15) is 0 Å². The van der Waals surface area contributed by atoms with E-state index in [1.165, 1.54) is 37.7 Å². The molecule has 8 heteroatoms. The van der Waals surface area contributed by atoms with Crippen molar-refractivity contribution in [1.29, 1.82) is 0 Å². The van der Waals surface area contributed by atoms with Gasteiger partial charge in [-0.05, 0) is 43.6 Å². The van der Waals surface area contributed by atoms with Crippen LogP contribution in [-0.4, -0.2) is 81.8 Å². The molecule has 1 aromatic carbocycles. The molecule has 4 rings (SSSR count). The monoisotopic (exact) mass is 546 g/mol. The standard InChI is InChI=1S/C29H46N4O2S2/c34-19-7-16-33-22-37-21-27(33)28(35)31-26(13-12-23-8-3-1-4-9-23)29(36)30-25-14-17-32(18-15-25)20-24-10-5-2-6-11-24/h2,5-6,10-11,23,25-27,34H,1,3-4,7-9,12-22H2,(H,30,36)(H,31,35)/t26-,27+/m1/s1. The van der Waals surface area contributed by atoms with E-state index in [1.807, 2.05) is 0 Å². The first kappa shape index (κ1) is 28.8. The first-order chi connectivity index (χ1) is 18.1. The molecule has 2 atom stereocenters. The summed E-state index contributed by atoms with van der Waals surface area (Å²) in [6, 6.07) is 10.8. The van der Waals surface area contributed by atoms with Gasteiger partial charge in [-0.25, -0.2) is 0 Å². The zero-order valence-electron chi connectivity index (χ0n) is 22.3. The highest BCUT2D eigenvalue weighted by Gasteiger charge is 2.33. The quantitative estimate of drug-likeness (QED) is 0.340. The van der Waals surface area contributed by atoms with E-state index < -0.39 is 0 Å². The number of thiocarbonyl (C=S) groups is 1. The normalized spacial score (nSPS) is 23.1. The van der Waals surface area contributed by atoms with Crippen molar-refractivity contribution in [3.05, 3.63) is 35.9 Å². The summed E-state index contributed by atoms with van der Waals surface area (Å²) in [5, 5.41) is 16.3. The van der Waals surface area contributed by atoms with Crippen LogP contribution in [0.15, 0.2) is 30.3 Å². The van der Waals surface area contributed by atoms with Crippen molar-refractivity contribution in [2.24, 2.45) is 5.92 Å². The molecule has 0 spiro atoms. The number of likely N-dealkylation sites (tertiary alicyclic amines) is 1. The highest BCUT2D eigenvalue weighted by Crippen LogP contribution is 2.28. The minimum absolute atomic E-state index is 0.0958. The van der Waals surface area contributed by atoms with Crippen molar-refractivity contribution in [3.63, 3.8) is 0 Å². The van der Waals surface area contributed by atoms with Gasteiger partial charge in [-0.15, -0.1) is 11.8 Å². The molecule has 2 heterocycles. The molecule has 6 nitrogen and oxygen atoms in total. The van der Waals surface area contributed by atoms with Gasteiger partial charge in [-0.2, -0.15) is 0 Å². The Morgan fingerprint density at radius 3 is 2.59 bits per heavy atom. The summed E-state index contributed by atoms with van der Waals surface area (Å²) in [5.41, 5.74) is 1.37. The summed E-state index contributed by atoms with van der Waals surface area (Å²) in [5.74, 6) is 2.53. The maximum absolute atomic E-state index is 13.4. The number of carbonyl (C=O) groups is 1. The Kier molecular flexibility index (Phi) is 12.0. The van der Waals surface area contributed by atoms with E-state index in [0.717, 1.165) is 74.4 Å². The van der Waals surface area contributed by atoms with Crippen LogP contribution in [-0.2, 0) is 11.3 Å². The molecule has 0 bridgehead atoms. The number of aliphatic hydroxyl groups is 1. The molecule has 1 saturated carbocycles. The van der Waals surface area contributed by atoms with E-state index in [2.05, 4.69) is 50.8 Å². The van der Waals surface area contributed by atoms with Crippen LogP contribution < -0.4 is 10.6 Å². The summed E-state index contributed by atoms with van der Waals surface area (Å²) >= 11 is 7.76. The zero-order chi connectivity index (χ0) is 25.9. The predicted octanol–water partition coefficient (Wildman–Crippen LogP) is 4.17. The lowest BCUT2D eigenvalue weighted by Crippen LogP contribution is -2.54. The van der Waals surface area contributed by atoms with E-state index in [-0.39, 0.29) is 24.6 Å². The SMILES string of the molecule is O=C(N[C@H](CCC1CCCCC1)C(=S)NC1CCN(Cc2ccccc2)CC1)[C@@H]1CSCN1CCCO. The van der Waals surface area contributed by atoms with E-state index in [0.29, 0.717) is 12.5 Å². The van der Waals surface area contributed by atoms with Crippen LogP contribution in [0.4, 0.5) is 0 Å². The third kappa shape index (κ3) is 9.20. The number of hydrogen-bond acceptors (Lipinski definition) is 6. The number of aliphatic hydroxyl groups excluding tert-OH is 1. The van der Waals surface area contributed by atoms with Crippen molar-refractivity contribution in [2.45, 2.75) is 88.9 Å². The molecular formula is C29H46N4O2S2. The van der Waals surface area contributed by atoms with E-state index >= 15 is 0 Å². The number of nitrogens with one attached hydrogen (secondary N) is 2. The molecule has 206 valence electrons. The molecule has 0 aromatic heterocycles. The van der Waals surface area contributed by atoms with Gasteiger partial charge in [0.25, 0.3) is 0 Å². The van der Waals surface area contributed by atoms with Crippen LogP contribution in [0.5, 0.6) is 0 Å². The Balaban J connectivity index is 1.30. The second-order valence-electron chi connectivity index (χ2n) is 11.1. The topological polar surface area (TPSA) is 67.8 Å². The van der Waals surface area contributed by atoms with Gasteiger partial charge in [0.05, 0.1) is 17.1 Å². The second-order valence-corrected chi connectivity index (χ2v) is 12.5. The molecule has 1 aliphatic carbocycles. The molecule has 1 aromatic rings. The van der Waals surface area contributed by atoms with Gasteiger partial charge < -0.3 is 15.7 Å². The fraction of sp³-hybridized carbons (Fsp3) is 0.724. The third-order valence-electron chi connectivity index (χ3n) is 8.28. The lowest BCUT2D eigenvalue weighted by atomic mass is 9.85. The van der Waals surface area contributed by atoms with Crippen molar-refractivity contribution >= 4 is 34.9 Å². The number of piperidine rings is 1. The molecule has 2 saturated heterocycles. The Hall–Kier alpha value is -1.19. The number of amides is 1. The molecule has 2 aliphatic heterocycles. The van der Waals surface area contributed by atoms with Crippen molar-refractivity contribution in [1.82, 2.24) is 20.4 Å². The van der Waals surface area contributed by atoms with Gasteiger partial charge in [-0.1, -0.05) is 74.7 Å². The van der Waals surface area contributed by atoms with Crippen LogP contribution in [0.25, 0.3) is 0 Å². The molecule has 0 unspecified atom stereocenters. The maximum atomic E-state index is 13.4. The molecule has 0 radical (unpaired) electrons. The van der Waals surface area contributed by atoms with Crippen molar-refractivity contribution in [3.8, 4) is 0 Å². The molecule has 3 aliphatic rings. The molecule has 3 N–H and O–H groups in total. The Labute approximate surface area is 233 Å². The summed E-state index contributed by atoms with van der Waals surface area (Å²) in [4.78, 5) is 18.9. The van der Waals surface area contributed by atoms with E-state index in [1.54, 1.807) is 11.8 Å². The molecule has 1 amide bonds. The van der Waals surface area contributed by atoms with Crippen LogP contribution in [0.2, 0.25) is 0 Å². The second kappa shape index (κ2) is 15.4. The highest BCUT2D eigenvalue weighted by molar-refractivity contribution is 7.99. The number of thioether (sulfide) groups is 1. The van der Waals surface area contributed by atoms with Crippen LogP contribution in [0, 0.1) is 5.92 Å². The number of nitrogens with zero attached hydrogens (tertiary/aromatic N) is 2. The lowest BCUT2D eigenvalue weighted by molar-refractivity contribution is -0.125. The fourth-order valence-corrected chi connectivity index (χ4v) is 7.58. The summed E-state index contributed by atoms with van der Waals surface area (Å²) in [6.45, 7) is 4.06. The van der Waals surface area contributed by atoms with Crippen molar-refractivity contribution < 1.29 is 9.90 Å². The Bertz CT molecular complexity index is 828. The predicted molar refractivity (Wildman–Crippen MR) is 158 cm³/mol. The average molecular weight is 547 g/mol. The first-order valence-corrected chi connectivity index (χ1v) is 16.0. The van der Waals surface area contributed by atoms with Crippen LogP contribution in [0.3, 0.4) is 0 Å². The Morgan fingerprint density at radius 1 is 1.11 bits per heavy atom. The highest BCUT2D eigenvalue weighted by atomic mass is 32.2. The van der Waals surface area contributed by atoms with Crippen LogP contribution in [0.1, 0.15) is 69.8 Å². The molecule has 37 heavy (non-hydrogen) atoms. The van der Waals surface area contributed by atoms with E-state index in [4.69, 9.17) is 12.2 Å². The van der Waals surface area contributed by atoms with Gasteiger partial charge in [0, 0.05) is 50.5 Å². The molecule has 3 fully saturated rings. The largest absolute Gasteiger partial charge is 0.396 e. The fourth-order valence-electron chi connectivity index (χ4n) is 6.01. The summed E-state index contributed by atoms with van der Waals surface area (Å²) in [7, 11) is 0. The minimum atomic E-state index is -0.127. The number of rotatable bonds is 12. The summed E-state index contributed by atoms with van der Waals surface area (Å²) in [6.07, 6.45) is 11.6. The average Bonchev–Trinajstić information content (AvgIpc) is 3.41. The number of carbonyl (C=O) groups excluding carboxylic acids is 1. The number of benzene rings is 1. The molecular weight excluding hydrogens is 500 g/mol. The van der Waals surface area contributed by atoms with Crippen LogP contribution >= 0.6 is 24.0 Å². The van der Waals surface area contributed by atoms with E-state index in [9.17, 15) is 9.90 Å².